The van der Waals surface area contributed by atoms with Gasteiger partial charge in [0.15, 0.2) is 0 Å². The van der Waals surface area contributed by atoms with Gasteiger partial charge in [0.1, 0.15) is 5.82 Å². The van der Waals surface area contributed by atoms with Crippen LogP contribution in [-0.4, -0.2) is 27.1 Å². The van der Waals surface area contributed by atoms with E-state index in [1.54, 1.807) is 0 Å². The minimum absolute atomic E-state index is 0.297. The Morgan fingerprint density at radius 2 is 2.29 bits per heavy atom. The van der Waals surface area contributed by atoms with E-state index in [0.717, 1.165) is 18.9 Å². The van der Waals surface area contributed by atoms with E-state index in [4.69, 9.17) is 0 Å². The fourth-order valence-corrected chi connectivity index (χ4v) is 1.36. The largest absolute Gasteiger partial charge is 0.337 e. The van der Waals surface area contributed by atoms with Crippen LogP contribution >= 0.6 is 11.8 Å². The summed E-state index contributed by atoms with van der Waals surface area (Å²) in [4.78, 5) is 4.25. The first kappa shape index (κ1) is 11.6. The lowest BCUT2D eigenvalue weighted by atomic mass is 10.2. The molecule has 1 aromatic heterocycles. The summed E-state index contributed by atoms with van der Waals surface area (Å²) in [7, 11) is 2.02. The number of nitrogens with one attached hydrogen (secondary N) is 1. The van der Waals surface area contributed by atoms with Gasteiger partial charge in [-0.3, -0.25) is 0 Å². The van der Waals surface area contributed by atoms with Crippen molar-refractivity contribution >= 4 is 11.8 Å². The van der Waals surface area contributed by atoms with E-state index < -0.39 is 0 Å². The molecule has 0 bridgehead atoms. The molecule has 0 unspecified atom stereocenters. The van der Waals surface area contributed by atoms with E-state index in [0.29, 0.717) is 4.75 Å². The molecule has 1 aromatic rings. The molecular weight excluding hydrogens is 194 g/mol. The molecular formula is C10H19N3S. The summed E-state index contributed by atoms with van der Waals surface area (Å²) >= 11 is 1.88. The summed E-state index contributed by atoms with van der Waals surface area (Å²) in [5.41, 5.74) is 0. The van der Waals surface area contributed by atoms with Crippen LogP contribution in [0.2, 0.25) is 0 Å². The van der Waals surface area contributed by atoms with E-state index in [-0.39, 0.29) is 0 Å². The summed E-state index contributed by atoms with van der Waals surface area (Å²) < 4.78 is 2.34. The van der Waals surface area contributed by atoms with Gasteiger partial charge in [-0.15, -0.1) is 0 Å². The van der Waals surface area contributed by atoms with Crippen molar-refractivity contribution in [3.63, 3.8) is 0 Å². The van der Waals surface area contributed by atoms with Gasteiger partial charge in [-0.05, 0) is 20.1 Å². The van der Waals surface area contributed by atoms with E-state index in [2.05, 4.69) is 30.4 Å². The Balaban J connectivity index is 2.32. The molecule has 4 heteroatoms. The number of nitrogens with zero attached hydrogens (tertiary/aromatic N) is 2. The average Bonchev–Trinajstić information content (AvgIpc) is 2.52. The van der Waals surface area contributed by atoms with Crippen molar-refractivity contribution in [1.82, 2.24) is 14.9 Å². The molecule has 0 atom stereocenters. The molecule has 0 saturated heterocycles. The van der Waals surface area contributed by atoms with Crippen LogP contribution in [0.4, 0.5) is 0 Å². The van der Waals surface area contributed by atoms with E-state index in [1.807, 2.05) is 35.8 Å². The molecule has 0 radical (unpaired) electrons. The zero-order valence-corrected chi connectivity index (χ0v) is 10.2. The highest BCUT2D eigenvalue weighted by atomic mass is 32.2. The summed E-state index contributed by atoms with van der Waals surface area (Å²) in [6, 6.07) is 0. The van der Waals surface area contributed by atoms with Crippen molar-refractivity contribution in [1.29, 1.82) is 0 Å². The number of imidazole rings is 1. The fraction of sp³-hybridized carbons (Fsp3) is 0.700. The molecule has 1 N–H and O–H groups in total. The first-order chi connectivity index (χ1) is 6.55. The van der Waals surface area contributed by atoms with Gasteiger partial charge in [0.2, 0.25) is 0 Å². The van der Waals surface area contributed by atoms with Crippen LogP contribution in [0.3, 0.4) is 0 Å². The third-order valence-electron chi connectivity index (χ3n) is 2.31. The van der Waals surface area contributed by atoms with Crippen LogP contribution in [0.25, 0.3) is 0 Å². The molecule has 0 aliphatic heterocycles. The van der Waals surface area contributed by atoms with Crippen LogP contribution in [-0.2, 0) is 13.6 Å². The quantitative estimate of drug-likeness (QED) is 0.806. The van der Waals surface area contributed by atoms with Gasteiger partial charge in [-0.1, -0.05) is 0 Å². The van der Waals surface area contributed by atoms with Crippen molar-refractivity contribution < 1.29 is 0 Å². The molecule has 0 aromatic carbocycles. The number of hydrogen-bond donors (Lipinski definition) is 1. The monoisotopic (exact) mass is 213 g/mol. The Morgan fingerprint density at radius 1 is 1.57 bits per heavy atom. The topological polar surface area (TPSA) is 29.9 Å². The molecule has 3 nitrogen and oxygen atoms in total. The van der Waals surface area contributed by atoms with Crippen molar-refractivity contribution in [2.75, 3.05) is 12.8 Å². The summed E-state index contributed by atoms with van der Waals surface area (Å²) in [5, 5.41) is 3.42. The normalized spacial score (nSPS) is 12.0. The van der Waals surface area contributed by atoms with Crippen molar-refractivity contribution in [3.05, 3.63) is 18.2 Å². The van der Waals surface area contributed by atoms with Gasteiger partial charge < -0.3 is 9.88 Å². The second-order valence-electron chi connectivity index (χ2n) is 4.02. The van der Waals surface area contributed by atoms with Gasteiger partial charge >= 0.3 is 0 Å². The Hall–Kier alpha value is -0.480. The minimum atomic E-state index is 0.297. The number of hydrogen-bond acceptors (Lipinski definition) is 3. The highest BCUT2D eigenvalue weighted by Crippen LogP contribution is 2.19. The van der Waals surface area contributed by atoms with Gasteiger partial charge in [-0.25, -0.2) is 4.98 Å². The van der Waals surface area contributed by atoms with Gasteiger partial charge in [0.25, 0.3) is 0 Å². The Bertz CT molecular complexity index is 281. The maximum atomic E-state index is 4.25. The lowest BCUT2D eigenvalue weighted by Crippen LogP contribution is -2.32. The van der Waals surface area contributed by atoms with E-state index >= 15 is 0 Å². The number of rotatable bonds is 5. The maximum Gasteiger partial charge on any atom is 0.122 e. The van der Waals surface area contributed by atoms with Crippen LogP contribution in [0, 0.1) is 0 Å². The van der Waals surface area contributed by atoms with E-state index in [9.17, 15) is 0 Å². The number of aryl methyl sites for hydroxylation is 1. The fourth-order valence-electron chi connectivity index (χ4n) is 1.11. The van der Waals surface area contributed by atoms with E-state index in [1.165, 1.54) is 0 Å². The summed E-state index contributed by atoms with van der Waals surface area (Å²) in [6.07, 6.45) is 5.94. The lowest BCUT2D eigenvalue weighted by molar-refractivity contribution is 0.569. The molecule has 0 spiro atoms. The summed E-state index contributed by atoms with van der Waals surface area (Å²) in [6.45, 7) is 6.32. The van der Waals surface area contributed by atoms with Gasteiger partial charge in [-0.2, -0.15) is 11.8 Å². The second kappa shape index (κ2) is 4.84. The predicted octanol–water partition coefficient (Wildman–Crippen LogP) is 1.65. The standard InChI is InChI=1S/C10H19N3S/c1-10(2,14-4)8-11-7-9-12-5-6-13(9)3/h5-6,11H,7-8H2,1-4H3. The molecule has 0 amide bonds. The smallest absolute Gasteiger partial charge is 0.122 e. The highest BCUT2D eigenvalue weighted by molar-refractivity contribution is 7.99. The number of aromatic nitrogens is 2. The second-order valence-corrected chi connectivity index (χ2v) is 5.54. The molecule has 0 fully saturated rings. The minimum Gasteiger partial charge on any atom is -0.337 e. The average molecular weight is 213 g/mol. The maximum absolute atomic E-state index is 4.25. The Morgan fingerprint density at radius 3 is 2.79 bits per heavy atom. The first-order valence-electron chi connectivity index (χ1n) is 4.77. The molecule has 0 saturated carbocycles. The molecule has 14 heavy (non-hydrogen) atoms. The van der Waals surface area contributed by atoms with Gasteiger partial charge in [0.05, 0.1) is 6.54 Å². The van der Waals surface area contributed by atoms with Crippen molar-refractivity contribution in [2.45, 2.75) is 25.1 Å². The third kappa shape index (κ3) is 3.35. The molecule has 80 valence electrons. The highest BCUT2D eigenvalue weighted by Gasteiger charge is 2.14. The molecule has 1 heterocycles. The zero-order valence-electron chi connectivity index (χ0n) is 9.37. The van der Waals surface area contributed by atoms with Crippen molar-refractivity contribution in [2.24, 2.45) is 7.05 Å². The molecule has 0 aliphatic carbocycles. The molecule has 0 aliphatic rings. The zero-order chi connectivity index (χ0) is 10.6. The number of thioether (sulfide) groups is 1. The van der Waals surface area contributed by atoms with Crippen LogP contribution in [0.15, 0.2) is 12.4 Å². The lowest BCUT2D eigenvalue weighted by Gasteiger charge is -2.22. The predicted molar refractivity (Wildman–Crippen MR) is 62.5 cm³/mol. The summed E-state index contributed by atoms with van der Waals surface area (Å²) in [5.74, 6) is 1.09. The Kier molecular flexibility index (Phi) is 4.01. The van der Waals surface area contributed by atoms with Crippen LogP contribution in [0.5, 0.6) is 0 Å². The van der Waals surface area contributed by atoms with Crippen LogP contribution < -0.4 is 5.32 Å². The van der Waals surface area contributed by atoms with Gasteiger partial charge in [0, 0.05) is 30.7 Å². The van der Waals surface area contributed by atoms with Crippen LogP contribution in [0.1, 0.15) is 19.7 Å². The first-order valence-corrected chi connectivity index (χ1v) is 6.00. The van der Waals surface area contributed by atoms with Crippen molar-refractivity contribution in [3.8, 4) is 0 Å². The molecule has 1 rings (SSSR count). The SMILES string of the molecule is CSC(C)(C)CNCc1nccn1C. The Labute approximate surface area is 90.3 Å². The third-order valence-corrected chi connectivity index (χ3v) is 3.56.